The summed E-state index contributed by atoms with van der Waals surface area (Å²) in [6, 6.07) is 0. The number of hydrogen-bond donors (Lipinski definition) is 0. The van der Waals surface area contributed by atoms with Crippen molar-refractivity contribution in [2.45, 2.75) is 0 Å². The van der Waals surface area contributed by atoms with Crippen molar-refractivity contribution in [3.8, 4) is 0 Å². The summed E-state index contributed by atoms with van der Waals surface area (Å²) >= 11 is 12.1. The molecule has 0 aliphatic carbocycles. The Morgan fingerprint density at radius 2 is 1.82 bits per heavy atom. The van der Waals surface area contributed by atoms with Gasteiger partial charge in [0.15, 0.2) is 12.6 Å². The van der Waals surface area contributed by atoms with Crippen LogP contribution in [-0.2, 0) is 0 Å². The first-order valence-corrected chi connectivity index (χ1v) is 4.16. The molecule has 0 saturated carbocycles. The topological polar surface area (TPSA) is 34.1 Å². The molecule has 1 rings (SSSR count). The molecule has 0 bridgehead atoms. The molecule has 0 aromatic carbocycles. The number of carbonyl (C=O) groups excluding carboxylic acids is 2. The van der Waals surface area contributed by atoms with Gasteiger partial charge in [0.1, 0.15) is 4.34 Å². The van der Waals surface area contributed by atoms with E-state index >= 15 is 0 Å². The molecule has 58 valence electrons. The van der Waals surface area contributed by atoms with E-state index in [9.17, 15) is 9.59 Å². The number of hydrogen-bond acceptors (Lipinski definition) is 3. The van der Waals surface area contributed by atoms with E-state index in [4.69, 9.17) is 23.2 Å². The fourth-order valence-electron chi connectivity index (χ4n) is 0.608. The maximum Gasteiger partial charge on any atom is 0.160 e. The summed E-state index contributed by atoms with van der Waals surface area (Å²) < 4.78 is 0.274. The van der Waals surface area contributed by atoms with Crippen LogP contribution in [0.25, 0.3) is 0 Å². The van der Waals surface area contributed by atoms with Gasteiger partial charge in [-0.3, -0.25) is 9.59 Å². The Labute approximate surface area is 76.7 Å². The molecule has 0 saturated heterocycles. The second-order valence-corrected chi connectivity index (χ2v) is 3.74. The van der Waals surface area contributed by atoms with Crippen molar-refractivity contribution >= 4 is 47.1 Å². The van der Waals surface area contributed by atoms with E-state index in [0.717, 1.165) is 11.3 Å². The zero-order chi connectivity index (χ0) is 8.43. The zero-order valence-electron chi connectivity index (χ0n) is 5.14. The van der Waals surface area contributed by atoms with E-state index in [-0.39, 0.29) is 19.8 Å². The lowest BCUT2D eigenvalue weighted by Gasteiger charge is -1.83. The average molecular weight is 209 g/mol. The van der Waals surface area contributed by atoms with Crippen LogP contribution in [0.4, 0.5) is 0 Å². The van der Waals surface area contributed by atoms with Gasteiger partial charge in [-0.2, -0.15) is 0 Å². The molecule has 0 aliphatic heterocycles. The van der Waals surface area contributed by atoms with E-state index in [2.05, 4.69) is 0 Å². The molecule has 1 aromatic rings. The highest BCUT2D eigenvalue weighted by Gasteiger charge is 2.13. The molecule has 0 spiro atoms. The smallest absolute Gasteiger partial charge is 0.160 e. The van der Waals surface area contributed by atoms with Gasteiger partial charge in [0.2, 0.25) is 0 Å². The standard InChI is InChI=1S/C6H2Cl2O2S/c7-5-3(1-9)4(2-10)11-6(5)8/h1-2H. The minimum Gasteiger partial charge on any atom is -0.298 e. The predicted molar refractivity (Wildman–Crippen MR) is 45.1 cm³/mol. The molecular formula is C6H2Cl2O2S. The molecule has 0 radical (unpaired) electrons. The van der Waals surface area contributed by atoms with Gasteiger partial charge in [-0.1, -0.05) is 23.2 Å². The number of aldehydes is 2. The quantitative estimate of drug-likeness (QED) is 0.701. The van der Waals surface area contributed by atoms with Gasteiger partial charge in [-0.05, 0) is 0 Å². The maximum absolute atomic E-state index is 10.3. The maximum atomic E-state index is 10.3. The summed E-state index contributed by atoms with van der Waals surface area (Å²) in [6.07, 6.45) is 1.08. The molecule has 0 fully saturated rings. The van der Waals surface area contributed by atoms with E-state index in [1.54, 1.807) is 0 Å². The monoisotopic (exact) mass is 208 g/mol. The SMILES string of the molecule is O=Cc1sc(Cl)c(Cl)c1C=O. The van der Waals surface area contributed by atoms with Crippen molar-refractivity contribution in [1.82, 2.24) is 0 Å². The van der Waals surface area contributed by atoms with Gasteiger partial charge in [0.25, 0.3) is 0 Å². The van der Waals surface area contributed by atoms with Crippen LogP contribution in [-0.4, -0.2) is 12.6 Å². The Morgan fingerprint density at radius 1 is 1.18 bits per heavy atom. The van der Waals surface area contributed by atoms with E-state index in [0.29, 0.717) is 12.6 Å². The molecule has 1 aromatic heterocycles. The summed E-state index contributed by atoms with van der Waals surface area (Å²) in [5, 5.41) is 0.161. The van der Waals surface area contributed by atoms with Crippen LogP contribution in [0.2, 0.25) is 9.36 Å². The van der Waals surface area contributed by atoms with E-state index < -0.39 is 0 Å². The van der Waals surface area contributed by atoms with Crippen LogP contribution in [0, 0.1) is 0 Å². The highest BCUT2D eigenvalue weighted by Crippen LogP contribution is 2.34. The Morgan fingerprint density at radius 3 is 2.18 bits per heavy atom. The summed E-state index contributed by atoms with van der Waals surface area (Å²) in [6.45, 7) is 0. The molecular weight excluding hydrogens is 207 g/mol. The fourth-order valence-corrected chi connectivity index (χ4v) is 1.98. The number of thiophene rings is 1. The van der Waals surface area contributed by atoms with Crippen molar-refractivity contribution < 1.29 is 9.59 Å². The first-order valence-electron chi connectivity index (χ1n) is 2.58. The normalized spacial score (nSPS) is 9.64. The Hall–Kier alpha value is -0.380. The lowest BCUT2D eigenvalue weighted by molar-refractivity contribution is 0.109. The lowest BCUT2D eigenvalue weighted by Crippen LogP contribution is -1.82. The molecule has 5 heteroatoms. The van der Waals surface area contributed by atoms with Gasteiger partial charge < -0.3 is 0 Å². The highest BCUT2D eigenvalue weighted by molar-refractivity contribution is 7.18. The van der Waals surface area contributed by atoms with Gasteiger partial charge in [0, 0.05) is 0 Å². The molecule has 0 atom stereocenters. The second kappa shape index (κ2) is 3.34. The predicted octanol–water partition coefficient (Wildman–Crippen LogP) is 2.68. The van der Waals surface area contributed by atoms with Gasteiger partial charge in [0.05, 0.1) is 15.5 Å². The van der Waals surface area contributed by atoms with Crippen molar-refractivity contribution in [1.29, 1.82) is 0 Å². The Kier molecular flexibility index (Phi) is 2.65. The molecule has 0 N–H and O–H groups in total. The minimum absolute atomic E-state index is 0.161. The molecule has 0 amide bonds. The van der Waals surface area contributed by atoms with Gasteiger partial charge in [-0.15, -0.1) is 11.3 Å². The van der Waals surface area contributed by atoms with Crippen LogP contribution < -0.4 is 0 Å². The first kappa shape index (κ1) is 8.71. The largest absolute Gasteiger partial charge is 0.298 e. The van der Waals surface area contributed by atoms with Crippen molar-refractivity contribution in [3.05, 3.63) is 19.8 Å². The fraction of sp³-hybridized carbons (Fsp3) is 0. The first-order chi connectivity index (χ1) is 5.20. The third kappa shape index (κ3) is 1.45. The van der Waals surface area contributed by atoms with E-state index in [1.807, 2.05) is 0 Å². The molecule has 0 aliphatic rings. The summed E-state index contributed by atoms with van der Waals surface area (Å²) in [7, 11) is 0. The third-order valence-corrected chi connectivity index (χ3v) is 3.04. The molecule has 11 heavy (non-hydrogen) atoms. The van der Waals surface area contributed by atoms with Crippen LogP contribution in [0.3, 0.4) is 0 Å². The number of carbonyl (C=O) groups is 2. The molecule has 1 heterocycles. The Bertz CT molecular complexity index is 306. The van der Waals surface area contributed by atoms with Crippen LogP contribution in [0.15, 0.2) is 0 Å². The zero-order valence-corrected chi connectivity index (χ0v) is 7.46. The van der Waals surface area contributed by atoms with Crippen molar-refractivity contribution in [2.24, 2.45) is 0 Å². The van der Waals surface area contributed by atoms with Crippen molar-refractivity contribution in [3.63, 3.8) is 0 Å². The van der Waals surface area contributed by atoms with Gasteiger partial charge in [-0.25, -0.2) is 0 Å². The minimum atomic E-state index is 0.161. The lowest BCUT2D eigenvalue weighted by atomic mass is 10.3. The van der Waals surface area contributed by atoms with Crippen LogP contribution in [0.1, 0.15) is 20.0 Å². The summed E-state index contributed by atoms with van der Waals surface area (Å²) in [5.41, 5.74) is 0.177. The highest BCUT2D eigenvalue weighted by atomic mass is 35.5. The van der Waals surface area contributed by atoms with E-state index in [1.165, 1.54) is 0 Å². The summed E-state index contributed by atoms with van der Waals surface area (Å²) in [5.74, 6) is 0. The average Bonchev–Trinajstić information content (AvgIpc) is 2.28. The van der Waals surface area contributed by atoms with Gasteiger partial charge >= 0.3 is 0 Å². The summed E-state index contributed by atoms with van der Waals surface area (Å²) in [4.78, 5) is 20.9. The number of rotatable bonds is 2. The van der Waals surface area contributed by atoms with Crippen LogP contribution in [0.5, 0.6) is 0 Å². The second-order valence-electron chi connectivity index (χ2n) is 1.70. The van der Waals surface area contributed by atoms with Crippen molar-refractivity contribution in [2.75, 3.05) is 0 Å². The number of halogens is 2. The Balaban J connectivity index is 3.37. The third-order valence-electron chi connectivity index (χ3n) is 1.10. The van der Waals surface area contributed by atoms with Crippen LogP contribution >= 0.6 is 34.5 Å². The molecule has 0 unspecified atom stereocenters. The molecule has 2 nitrogen and oxygen atoms in total.